The van der Waals surface area contributed by atoms with Crippen molar-refractivity contribution >= 4 is 17.8 Å². The van der Waals surface area contributed by atoms with Gasteiger partial charge >= 0.3 is 5.97 Å². The van der Waals surface area contributed by atoms with E-state index in [9.17, 15) is 14.4 Å². The van der Waals surface area contributed by atoms with Gasteiger partial charge in [-0.15, -0.1) is 0 Å². The lowest BCUT2D eigenvalue weighted by Crippen LogP contribution is -2.42. The largest absolute Gasteiger partial charge is 0.481 e. The van der Waals surface area contributed by atoms with Gasteiger partial charge in [-0.25, -0.2) is 0 Å². The molecule has 0 radical (unpaired) electrons. The summed E-state index contributed by atoms with van der Waals surface area (Å²) in [5, 5.41) is 11.6. The van der Waals surface area contributed by atoms with Gasteiger partial charge in [0.15, 0.2) is 0 Å². The normalized spacial score (nSPS) is 17.0. The van der Waals surface area contributed by atoms with Crippen LogP contribution in [0.25, 0.3) is 0 Å². The van der Waals surface area contributed by atoms with Gasteiger partial charge in [-0.2, -0.15) is 0 Å². The summed E-state index contributed by atoms with van der Waals surface area (Å²) < 4.78 is 0. The molecular formula is C15H26N2O4. The number of aliphatic carboxylic acids is 1. The fraction of sp³-hybridized carbons (Fsp3) is 0.800. The van der Waals surface area contributed by atoms with E-state index in [1.807, 2.05) is 6.92 Å². The number of carboxylic acid groups (broad SMARTS) is 1. The fourth-order valence-corrected chi connectivity index (χ4v) is 3.10. The van der Waals surface area contributed by atoms with Crippen molar-refractivity contribution in [3.05, 3.63) is 0 Å². The zero-order chi connectivity index (χ0) is 15.9. The number of rotatable bonds is 7. The standard InChI is InChI=1S/C15H26N2O4/c1-3-17(11-12(18)16-2)13(19)9-15(10-14(20)21)7-5-4-6-8-15/h3-11H2,1-2H3,(H,16,18)(H,20,21). The first-order valence-corrected chi connectivity index (χ1v) is 7.62. The molecule has 0 atom stereocenters. The molecule has 2 amide bonds. The third-order valence-corrected chi connectivity index (χ3v) is 4.31. The van der Waals surface area contributed by atoms with Crippen molar-refractivity contribution in [3.8, 4) is 0 Å². The topological polar surface area (TPSA) is 86.7 Å². The molecule has 0 saturated heterocycles. The molecule has 0 aromatic heterocycles. The molecule has 0 unspecified atom stereocenters. The van der Waals surface area contributed by atoms with Crippen LogP contribution in [0.3, 0.4) is 0 Å². The summed E-state index contributed by atoms with van der Waals surface area (Å²) in [6.45, 7) is 2.32. The average Bonchev–Trinajstić information content (AvgIpc) is 2.44. The van der Waals surface area contributed by atoms with Gasteiger partial charge in [-0.1, -0.05) is 19.3 Å². The summed E-state index contributed by atoms with van der Waals surface area (Å²) >= 11 is 0. The first-order valence-electron chi connectivity index (χ1n) is 7.62. The second kappa shape index (κ2) is 8.00. The molecule has 120 valence electrons. The van der Waals surface area contributed by atoms with Crippen LogP contribution in [0.2, 0.25) is 0 Å². The Morgan fingerprint density at radius 2 is 1.76 bits per heavy atom. The van der Waals surface area contributed by atoms with Crippen molar-refractivity contribution in [2.75, 3.05) is 20.1 Å². The Bertz CT molecular complexity index is 389. The number of amides is 2. The van der Waals surface area contributed by atoms with E-state index in [2.05, 4.69) is 5.32 Å². The van der Waals surface area contributed by atoms with E-state index in [0.29, 0.717) is 6.54 Å². The molecule has 0 aromatic carbocycles. The lowest BCUT2D eigenvalue weighted by molar-refractivity contribution is -0.143. The molecule has 1 rings (SSSR count). The highest BCUT2D eigenvalue weighted by atomic mass is 16.4. The molecule has 0 aliphatic heterocycles. The van der Waals surface area contributed by atoms with Crippen LogP contribution in [0, 0.1) is 5.41 Å². The van der Waals surface area contributed by atoms with Crippen LogP contribution in [0.4, 0.5) is 0 Å². The smallest absolute Gasteiger partial charge is 0.303 e. The number of carbonyl (C=O) groups excluding carboxylic acids is 2. The van der Waals surface area contributed by atoms with Gasteiger partial charge < -0.3 is 15.3 Å². The predicted molar refractivity (Wildman–Crippen MR) is 78.7 cm³/mol. The van der Waals surface area contributed by atoms with Crippen LogP contribution in [0.15, 0.2) is 0 Å². The summed E-state index contributed by atoms with van der Waals surface area (Å²) in [6.07, 6.45) is 4.88. The zero-order valence-corrected chi connectivity index (χ0v) is 13.0. The maximum Gasteiger partial charge on any atom is 0.303 e. The maximum absolute atomic E-state index is 12.4. The summed E-state index contributed by atoms with van der Waals surface area (Å²) in [6, 6.07) is 0. The lowest BCUT2D eigenvalue weighted by Gasteiger charge is -2.37. The molecule has 0 bridgehead atoms. The predicted octanol–water partition coefficient (Wildman–Crippen LogP) is 1.40. The van der Waals surface area contributed by atoms with Gasteiger partial charge in [-0.05, 0) is 25.2 Å². The number of nitrogens with one attached hydrogen (secondary N) is 1. The van der Waals surface area contributed by atoms with E-state index in [4.69, 9.17) is 5.11 Å². The van der Waals surface area contributed by atoms with Gasteiger partial charge in [0.2, 0.25) is 11.8 Å². The molecule has 0 spiro atoms. The molecule has 21 heavy (non-hydrogen) atoms. The van der Waals surface area contributed by atoms with E-state index in [0.717, 1.165) is 32.1 Å². The minimum Gasteiger partial charge on any atom is -0.481 e. The molecule has 2 N–H and O–H groups in total. The Labute approximate surface area is 125 Å². The number of hydrogen-bond donors (Lipinski definition) is 2. The number of likely N-dealkylation sites (N-methyl/N-ethyl adjacent to an activating group) is 2. The van der Waals surface area contributed by atoms with Crippen molar-refractivity contribution in [1.29, 1.82) is 0 Å². The van der Waals surface area contributed by atoms with Crippen LogP contribution >= 0.6 is 0 Å². The molecule has 0 aromatic rings. The highest BCUT2D eigenvalue weighted by Crippen LogP contribution is 2.42. The minimum absolute atomic E-state index is 0.0367. The van der Waals surface area contributed by atoms with Crippen LogP contribution in [0.1, 0.15) is 51.9 Å². The molecule has 1 aliphatic rings. The molecule has 1 saturated carbocycles. The highest BCUT2D eigenvalue weighted by molar-refractivity contribution is 5.85. The zero-order valence-electron chi connectivity index (χ0n) is 13.0. The van der Waals surface area contributed by atoms with Crippen LogP contribution in [-0.2, 0) is 14.4 Å². The van der Waals surface area contributed by atoms with E-state index in [-0.39, 0.29) is 31.2 Å². The Morgan fingerprint density at radius 1 is 1.14 bits per heavy atom. The Kier molecular flexibility index (Phi) is 6.65. The van der Waals surface area contributed by atoms with Gasteiger partial charge in [-0.3, -0.25) is 14.4 Å². The summed E-state index contributed by atoms with van der Waals surface area (Å²) in [5.74, 6) is -1.18. The van der Waals surface area contributed by atoms with E-state index >= 15 is 0 Å². The maximum atomic E-state index is 12.4. The summed E-state index contributed by atoms with van der Waals surface area (Å²) in [4.78, 5) is 36.5. The van der Waals surface area contributed by atoms with Crippen molar-refractivity contribution in [1.82, 2.24) is 10.2 Å². The second-order valence-corrected chi connectivity index (χ2v) is 5.89. The first kappa shape index (κ1) is 17.5. The van der Waals surface area contributed by atoms with Crippen molar-refractivity contribution in [3.63, 3.8) is 0 Å². The van der Waals surface area contributed by atoms with Crippen LogP contribution < -0.4 is 5.32 Å². The number of carboxylic acids is 1. The second-order valence-electron chi connectivity index (χ2n) is 5.89. The Morgan fingerprint density at radius 3 is 2.24 bits per heavy atom. The molecule has 1 fully saturated rings. The molecule has 6 heteroatoms. The number of hydrogen-bond acceptors (Lipinski definition) is 3. The average molecular weight is 298 g/mol. The Balaban J connectivity index is 2.74. The quantitative estimate of drug-likeness (QED) is 0.743. The van der Waals surface area contributed by atoms with Crippen molar-refractivity contribution in [2.45, 2.75) is 51.9 Å². The van der Waals surface area contributed by atoms with Crippen molar-refractivity contribution in [2.24, 2.45) is 5.41 Å². The van der Waals surface area contributed by atoms with Gasteiger partial charge in [0.05, 0.1) is 13.0 Å². The summed E-state index contributed by atoms with van der Waals surface area (Å²) in [7, 11) is 1.54. The first-order chi connectivity index (χ1) is 9.92. The SMILES string of the molecule is CCN(CC(=O)NC)C(=O)CC1(CC(=O)O)CCCCC1. The highest BCUT2D eigenvalue weighted by Gasteiger charge is 2.37. The Hall–Kier alpha value is -1.59. The third-order valence-electron chi connectivity index (χ3n) is 4.31. The number of nitrogens with zero attached hydrogens (tertiary/aromatic N) is 1. The van der Waals surface area contributed by atoms with Gasteiger partial charge in [0, 0.05) is 20.0 Å². The molecule has 6 nitrogen and oxygen atoms in total. The fourth-order valence-electron chi connectivity index (χ4n) is 3.10. The molecule has 0 heterocycles. The molecular weight excluding hydrogens is 272 g/mol. The van der Waals surface area contributed by atoms with Gasteiger partial charge in [0.25, 0.3) is 0 Å². The van der Waals surface area contributed by atoms with E-state index < -0.39 is 11.4 Å². The lowest BCUT2D eigenvalue weighted by atomic mass is 9.69. The number of carbonyl (C=O) groups is 3. The van der Waals surface area contributed by atoms with Gasteiger partial charge in [0.1, 0.15) is 0 Å². The third kappa shape index (κ3) is 5.36. The monoisotopic (exact) mass is 298 g/mol. The van der Waals surface area contributed by atoms with Crippen LogP contribution in [0.5, 0.6) is 0 Å². The van der Waals surface area contributed by atoms with Crippen molar-refractivity contribution < 1.29 is 19.5 Å². The van der Waals surface area contributed by atoms with Crippen LogP contribution in [-0.4, -0.2) is 47.9 Å². The summed E-state index contributed by atoms with van der Waals surface area (Å²) in [5.41, 5.74) is -0.433. The minimum atomic E-state index is -0.848. The molecule has 1 aliphatic carbocycles. The van der Waals surface area contributed by atoms with E-state index in [1.165, 1.54) is 11.9 Å². The van der Waals surface area contributed by atoms with E-state index in [1.54, 1.807) is 0 Å².